The third-order valence-corrected chi connectivity index (χ3v) is 2.37. The van der Waals surface area contributed by atoms with Gasteiger partial charge in [0.25, 0.3) is 5.91 Å². The molecule has 6 heteroatoms. The summed E-state index contributed by atoms with van der Waals surface area (Å²) in [6.07, 6.45) is 1.75. The SMILES string of the molecule is CCCOc1ccc(OCC(=O)NCCCN)cc1.Cl. The fourth-order valence-corrected chi connectivity index (χ4v) is 1.38. The summed E-state index contributed by atoms with van der Waals surface area (Å²) >= 11 is 0. The highest BCUT2D eigenvalue weighted by Gasteiger charge is 2.02. The van der Waals surface area contributed by atoms with Crippen LogP contribution in [-0.4, -0.2) is 32.2 Å². The van der Waals surface area contributed by atoms with E-state index in [4.69, 9.17) is 15.2 Å². The lowest BCUT2D eigenvalue weighted by Gasteiger charge is -2.08. The zero-order valence-corrected chi connectivity index (χ0v) is 12.6. The van der Waals surface area contributed by atoms with Gasteiger partial charge in [0.05, 0.1) is 6.61 Å². The molecule has 0 aliphatic carbocycles. The molecule has 5 nitrogen and oxygen atoms in total. The van der Waals surface area contributed by atoms with Crippen molar-refractivity contribution in [2.24, 2.45) is 5.73 Å². The summed E-state index contributed by atoms with van der Waals surface area (Å²) in [4.78, 5) is 11.4. The molecule has 3 N–H and O–H groups in total. The van der Waals surface area contributed by atoms with Crippen molar-refractivity contribution >= 4 is 18.3 Å². The number of benzene rings is 1. The van der Waals surface area contributed by atoms with Crippen molar-refractivity contribution < 1.29 is 14.3 Å². The van der Waals surface area contributed by atoms with E-state index in [9.17, 15) is 4.79 Å². The van der Waals surface area contributed by atoms with Crippen LogP contribution in [0.15, 0.2) is 24.3 Å². The normalized spacial score (nSPS) is 9.50. The van der Waals surface area contributed by atoms with Crippen molar-refractivity contribution in [2.45, 2.75) is 19.8 Å². The highest BCUT2D eigenvalue weighted by Crippen LogP contribution is 2.17. The van der Waals surface area contributed by atoms with Crippen LogP contribution in [0, 0.1) is 0 Å². The zero-order valence-electron chi connectivity index (χ0n) is 11.8. The summed E-state index contributed by atoms with van der Waals surface area (Å²) in [5, 5.41) is 2.72. The first-order chi connectivity index (χ1) is 9.26. The van der Waals surface area contributed by atoms with E-state index in [0.717, 1.165) is 18.6 Å². The van der Waals surface area contributed by atoms with Crippen LogP contribution in [0.3, 0.4) is 0 Å². The van der Waals surface area contributed by atoms with Crippen LogP contribution in [0.4, 0.5) is 0 Å². The Balaban J connectivity index is 0.00000361. The van der Waals surface area contributed by atoms with E-state index in [2.05, 4.69) is 12.2 Å². The van der Waals surface area contributed by atoms with E-state index in [-0.39, 0.29) is 24.9 Å². The Kier molecular flexibility index (Phi) is 10.5. The fourth-order valence-electron chi connectivity index (χ4n) is 1.38. The van der Waals surface area contributed by atoms with Gasteiger partial charge in [0.2, 0.25) is 0 Å². The van der Waals surface area contributed by atoms with Gasteiger partial charge in [-0.3, -0.25) is 4.79 Å². The van der Waals surface area contributed by atoms with Gasteiger partial charge >= 0.3 is 0 Å². The minimum atomic E-state index is -0.139. The number of ether oxygens (including phenoxy) is 2. The molecule has 1 aromatic carbocycles. The number of nitrogens with two attached hydrogens (primary N) is 1. The first-order valence-electron chi connectivity index (χ1n) is 6.58. The average molecular weight is 303 g/mol. The molecule has 0 saturated heterocycles. The maximum absolute atomic E-state index is 11.4. The molecule has 0 unspecified atom stereocenters. The van der Waals surface area contributed by atoms with Crippen LogP contribution in [0.2, 0.25) is 0 Å². The number of amides is 1. The van der Waals surface area contributed by atoms with E-state index in [1.807, 2.05) is 12.1 Å². The molecule has 20 heavy (non-hydrogen) atoms. The lowest BCUT2D eigenvalue weighted by atomic mass is 10.3. The summed E-state index contributed by atoms with van der Waals surface area (Å²) in [6, 6.07) is 7.24. The smallest absolute Gasteiger partial charge is 0.257 e. The monoisotopic (exact) mass is 302 g/mol. The molecule has 0 atom stereocenters. The molecule has 0 saturated carbocycles. The van der Waals surface area contributed by atoms with E-state index in [1.165, 1.54) is 0 Å². The number of halogens is 1. The molecule has 0 spiro atoms. The molecule has 1 amide bonds. The number of hydrogen-bond acceptors (Lipinski definition) is 4. The predicted octanol–water partition coefficient (Wildman–Crippen LogP) is 1.74. The highest BCUT2D eigenvalue weighted by atomic mass is 35.5. The number of carbonyl (C=O) groups is 1. The van der Waals surface area contributed by atoms with E-state index >= 15 is 0 Å². The molecule has 0 aliphatic heterocycles. The Morgan fingerprint density at radius 1 is 1.20 bits per heavy atom. The maximum Gasteiger partial charge on any atom is 0.257 e. The van der Waals surface area contributed by atoms with Crippen LogP contribution in [0.25, 0.3) is 0 Å². The van der Waals surface area contributed by atoms with E-state index in [0.29, 0.717) is 25.4 Å². The van der Waals surface area contributed by atoms with Gasteiger partial charge in [-0.25, -0.2) is 0 Å². The topological polar surface area (TPSA) is 73.6 Å². The molecular formula is C14H23ClN2O3. The predicted molar refractivity (Wildman–Crippen MR) is 81.7 cm³/mol. The largest absolute Gasteiger partial charge is 0.494 e. The zero-order chi connectivity index (χ0) is 13.9. The van der Waals surface area contributed by atoms with Crippen LogP contribution in [0.1, 0.15) is 19.8 Å². The van der Waals surface area contributed by atoms with Gasteiger partial charge < -0.3 is 20.5 Å². The van der Waals surface area contributed by atoms with Crippen LogP contribution < -0.4 is 20.5 Å². The average Bonchev–Trinajstić information content (AvgIpc) is 2.44. The Morgan fingerprint density at radius 3 is 2.35 bits per heavy atom. The standard InChI is InChI=1S/C14H22N2O3.ClH/c1-2-10-18-12-4-6-13(7-5-12)19-11-14(17)16-9-3-8-15;/h4-7H,2-3,8-11,15H2,1H3,(H,16,17);1H. The Bertz CT molecular complexity index is 371. The summed E-state index contributed by atoms with van der Waals surface area (Å²) in [5.41, 5.74) is 5.33. The molecule has 1 aromatic rings. The Labute approximate surface area is 126 Å². The number of carbonyl (C=O) groups excluding carboxylic acids is 1. The minimum Gasteiger partial charge on any atom is -0.494 e. The van der Waals surface area contributed by atoms with Crippen LogP contribution in [-0.2, 0) is 4.79 Å². The first kappa shape index (κ1) is 18.5. The molecule has 0 fully saturated rings. The summed E-state index contributed by atoms with van der Waals surface area (Å²) in [7, 11) is 0. The Hall–Kier alpha value is -1.46. The van der Waals surface area contributed by atoms with Crippen LogP contribution in [0.5, 0.6) is 11.5 Å². The molecule has 0 aliphatic rings. The van der Waals surface area contributed by atoms with Gasteiger partial charge in [0.1, 0.15) is 11.5 Å². The second kappa shape index (κ2) is 11.4. The highest BCUT2D eigenvalue weighted by molar-refractivity contribution is 5.85. The molecule has 0 aromatic heterocycles. The number of hydrogen-bond donors (Lipinski definition) is 2. The summed E-state index contributed by atoms with van der Waals surface area (Å²) < 4.78 is 10.8. The molecule has 0 radical (unpaired) electrons. The molecule has 1 rings (SSSR count). The van der Waals surface area contributed by atoms with Gasteiger partial charge in [0, 0.05) is 6.54 Å². The lowest BCUT2D eigenvalue weighted by molar-refractivity contribution is -0.123. The van der Waals surface area contributed by atoms with E-state index in [1.54, 1.807) is 12.1 Å². The van der Waals surface area contributed by atoms with Crippen molar-refractivity contribution in [3.63, 3.8) is 0 Å². The maximum atomic E-state index is 11.4. The summed E-state index contributed by atoms with van der Waals surface area (Å²) in [5.74, 6) is 1.32. The summed E-state index contributed by atoms with van der Waals surface area (Å²) in [6.45, 7) is 3.92. The Morgan fingerprint density at radius 2 is 1.80 bits per heavy atom. The number of nitrogens with one attached hydrogen (secondary N) is 1. The lowest BCUT2D eigenvalue weighted by Crippen LogP contribution is -2.30. The molecule has 0 bridgehead atoms. The van der Waals surface area contributed by atoms with E-state index < -0.39 is 0 Å². The fraction of sp³-hybridized carbons (Fsp3) is 0.500. The third-order valence-electron chi connectivity index (χ3n) is 2.37. The van der Waals surface area contributed by atoms with Gasteiger partial charge in [-0.2, -0.15) is 0 Å². The van der Waals surface area contributed by atoms with Gasteiger partial charge in [-0.15, -0.1) is 12.4 Å². The second-order valence-electron chi connectivity index (χ2n) is 4.10. The second-order valence-corrected chi connectivity index (χ2v) is 4.10. The van der Waals surface area contributed by atoms with Crippen molar-refractivity contribution in [2.75, 3.05) is 26.3 Å². The van der Waals surface area contributed by atoms with Crippen molar-refractivity contribution in [1.29, 1.82) is 0 Å². The van der Waals surface area contributed by atoms with Gasteiger partial charge in [0.15, 0.2) is 6.61 Å². The van der Waals surface area contributed by atoms with Crippen molar-refractivity contribution in [3.8, 4) is 11.5 Å². The van der Waals surface area contributed by atoms with Gasteiger partial charge in [-0.1, -0.05) is 6.92 Å². The first-order valence-corrected chi connectivity index (χ1v) is 6.58. The van der Waals surface area contributed by atoms with Crippen molar-refractivity contribution in [3.05, 3.63) is 24.3 Å². The molecular weight excluding hydrogens is 280 g/mol. The minimum absolute atomic E-state index is 0. The quantitative estimate of drug-likeness (QED) is 0.682. The number of rotatable bonds is 9. The van der Waals surface area contributed by atoms with Gasteiger partial charge in [-0.05, 0) is 43.7 Å². The van der Waals surface area contributed by atoms with Crippen LogP contribution >= 0.6 is 12.4 Å². The molecule has 0 heterocycles. The molecule has 114 valence electrons. The van der Waals surface area contributed by atoms with Crippen molar-refractivity contribution in [1.82, 2.24) is 5.32 Å². The third kappa shape index (κ3) is 7.86.